The third-order valence-corrected chi connectivity index (χ3v) is 11.9. The summed E-state index contributed by atoms with van der Waals surface area (Å²) in [6.07, 6.45) is 2.76. The number of nitrogens with two attached hydrogens (primary N) is 1. The normalized spacial score (nSPS) is 12.7. The van der Waals surface area contributed by atoms with Gasteiger partial charge >= 0.3 is 0 Å². The predicted molar refractivity (Wildman–Crippen MR) is 121 cm³/mol. The van der Waals surface area contributed by atoms with Gasteiger partial charge in [0.05, 0.1) is 5.57 Å². The monoisotopic (exact) mass is 383 g/mol. The molecule has 0 saturated carbocycles. The maximum atomic E-state index is 12.0. The van der Waals surface area contributed by atoms with Gasteiger partial charge in [-0.3, -0.25) is 4.79 Å². The SMILES string of the molecule is CC(C)Cc1ccc(/C(=C/C#C[Si](C(C)C)(C(C)C)C(C)C)C(N)=O)cc1. The number of carbonyl (C=O) groups excluding carboxylic acids is 1. The zero-order chi connectivity index (χ0) is 20.8. The molecule has 0 aromatic heterocycles. The van der Waals surface area contributed by atoms with Crippen LogP contribution in [0.2, 0.25) is 16.6 Å². The van der Waals surface area contributed by atoms with Crippen LogP contribution in [-0.2, 0) is 11.2 Å². The average Bonchev–Trinajstić information content (AvgIpc) is 2.54. The summed E-state index contributed by atoms with van der Waals surface area (Å²) in [4.78, 5) is 12.0. The summed E-state index contributed by atoms with van der Waals surface area (Å²) in [6.45, 7) is 18.1. The lowest BCUT2D eigenvalue weighted by molar-refractivity contribution is -0.112. The van der Waals surface area contributed by atoms with Gasteiger partial charge < -0.3 is 5.73 Å². The molecular formula is C24H37NOSi. The Kier molecular flexibility index (Phi) is 8.56. The van der Waals surface area contributed by atoms with Crippen molar-refractivity contribution in [3.63, 3.8) is 0 Å². The van der Waals surface area contributed by atoms with Crippen molar-refractivity contribution in [1.29, 1.82) is 0 Å². The Bertz CT molecular complexity index is 693. The Labute approximate surface area is 167 Å². The van der Waals surface area contributed by atoms with Crippen LogP contribution in [0, 0.1) is 17.4 Å². The molecule has 0 fully saturated rings. The van der Waals surface area contributed by atoms with Crippen molar-refractivity contribution in [3.8, 4) is 11.5 Å². The van der Waals surface area contributed by atoms with Crippen molar-refractivity contribution in [1.82, 2.24) is 0 Å². The van der Waals surface area contributed by atoms with Crippen LogP contribution < -0.4 is 5.73 Å². The van der Waals surface area contributed by atoms with Crippen molar-refractivity contribution < 1.29 is 4.79 Å². The van der Waals surface area contributed by atoms with Crippen molar-refractivity contribution in [2.24, 2.45) is 11.7 Å². The van der Waals surface area contributed by atoms with Crippen LogP contribution in [0.1, 0.15) is 66.5 Å². The van der Waals surface area contributed by atoms with Gasteiger partial charge in [-0.25, -0.2) is 0 Å². The van der Waals surface area contributed by atoms with Crippen LogP contribution in [0.4, 0.5) is 0 Å². The summed E-state index contributed by atoms with van der Waals surface area (Å²) in [7, 11) is -1.82. The van der Waals surface area contributed by atoms with Gasteiger partial charge in [-0.2, -0.15) is 0 Å². The summed E-state index contributed by atoms with van der Waals surface area (Å²) in [5.74, 6) is 3.43. The van der Waals surface area contributed by atoms with Crippen molar-refractivity contribution in [2.45, 2.75) is 78.4 Å². The molecule has 0 heterocycles. The highest BCUT2D eigenvalue weighted by Crippen LogP contribution is 2.40. The summed E-state index contributed by atoms with van der Waals surface area (Å²) in [5.41, 5.74) is 13.6. The van der Waals surface area contributed by atoms with Gasteiger partial charge in [0, 0.05) is 6.08 Å². The third-order valence-electron chi connectivity index (χ3n) is 5.55. The van der Waals surface area contributed by atoms with E-state index < -0.39 is 14.0 Å². The fraction of sp³-hybridized carbons (Fsp3) is 0.542. The lowest BCUT2D eigenvalue weighted by Crippen LogP contribution is -2.43. The molecule has 0 spiro atoms. The number of hydrogen-bond donors (Lipinski definition) is 1. The first-order chi connectivity index (χ1) is 12.5. The highest BCUT2D eigenvalue weighted by molar-refractivity contribution is 6.90. The fourth-order valence-electron chi connectivity index (χ4n) is 4.25. The molecule has 27 heavy (non-hydrogen) atoms. The molecular weight excluding hydrogens is 346 g/mol. The first kappa shape index (κ1) is 23.2. The van der Waals surface area contributed by atoms with Gasteiger partial charge in [0.1, 0.15) is 8.07 Å². The fourth-order valence-corrected chi connectivity index (χ4v) is 9.44. The highest BCUT2D eigenvalue weighted by atomic mass is 28.3. The number of allylic oxidation sites excluding steroid dienone is 1. The molecule has 0 aliphatic carbocycles. The molecule has 2 N–H and O–H groups in total. The van der Waals surface area contributed by atoms with Crippen molar-refractivity contribution in [3.05, 3.63) is 41.5 Å². The second-order valence-corrected chi connectivity index (χ2v) is 14.5. The van der Waals surface area contributed by atoms with Gasteiger partial charge in [-0.1, -0.05) is 85.6 Å². The van der Waals surface area contributed by atoms with Gasteiger partial charge in [0.25, 0.3) is 0 Å². The summed E-state index contributed by atoms with van der Waals surface area (Å²) < 4.78 is 0. The minimum Gasteiger partial charge on any atom is -0.366 e. The van der Waals surface area contributed by atoms with E-state index in [2.05, 4.69) is 79.0 Å². The standard InChI is InChI=1S/C24H37NOSi/c1-17(2)16-21-11-13-22(14-12-21)23(24(25)26)10-9-15-27(18(3)4,19(5)6)20(7)8/h10-14,17-20H,16H2,1-8H3,(H2,25,26)/b23-10-. The number of benzene rings is 1. The zero-order valence-electron chi connectivity index (χ0n) is 18.4. The van der Waals surface area contributed by atoms with E-state index in [0.29, 0.717) is 28.1 Å². The molecule has 3 heteroatoms. The predicted octanol–water partition coefficient (Wildman–Crippen LogP) is 5.98. The molecule has 0 unspecified atom stereocenters. The molecule has 148 valence electrons. The lowest BCUT2D eigenvalue weighted by Gasteiger charge is -2.38. The van der Waals surface area contributed by atoms with E-state index in [9.17, 15) is 4.79 Å². The molecule has 1 aromatic carbocycles. The minimum absolute atomic E-state index is 0.424. The largest absolute Gasteiger partial charge is 0.366 e. The maximum Gasteiger partial charge on any atom is 0.249 e. The first-order valence-corrected chi connectivity index (χ1v) is 12.4. The number of primary amides is 1. The Morgan fingerprint density at radius 1 is 0.963 bits per heavy atom. The molecule has 1 amide bonds. The molecule has 0 radical (unpaired) electrons. The number of amides is 1. The van der Waals surface area contributed by atoms with Crippen LogP contribution in [0.3, 0.4) is 0 Å². The Hall–Kier alpha value is -1.79. The zero-order valence-corrected chi connectivity index (χ0v) is 19.4. The van der Waals surface area contributed by atoms with E-state index in [4.69, 9.17) is 5.73 Å². The Morgan fingerprint density at radius 2 is 1.44 bits per heavy atom. The van der Waals surface area contributed by atoms with Gasteiger partial charge in [-0.15, -0.1) is 5.54 Å². The maximum absolute atomic E-state index is 12.0. The molecule has 2 nitrogen and oxygen atoms in total. The van der Waals surface area contributed by atoms with Crippen molar-refractivity contribution >= 4 is 19.6 Å². The van der Waals surface area contributed by atoms with E-state index in [1.807, 2.05) is 12.1 Å². The minimum atomic E-state index is -1.82. The number of hydrogen-bond acceptors (Lipinski definition) is 1. The van der Waals surface area contributed by atoms with Crippen LogP contribution in [0.5, 0.6) is 0 Å². The van der Waals surface area contributed by atoms with Crippen LogP contribution in [-0.4, -0.2) is 14.0 Å². The quantitative estimate of drug-likeness (QED) is 0.351. The van der Waals surface area contributed by atoms with Crippen LogP contribution in [0.15, 0.2) is 30.3 Å². The lowest BCUT2D eigenvalue weighted by atomic mass is 9.99. The molecule has 1 rings (SSSR count). The van der Waals surface area contributed by atoms with Gasteiger partial charge in [-0.05, 0) is 40.1 Å². The molecule has 0 bridgehead atoms. The number of carbonyl (C=O) groups is 1. The van der Waals surface area contributed by atoms with Gasteiger partial charge in [0.15, 0.2) is 0 Å². The summed E-state index contributed by atoms with van der Waals surface area (Å²) in [5, 5.41) is 0. The Balaban J connectivity index is 3.28. The Morgan fingerprint density at radius 3 is 1.81 bits per heavy atom. The van der Waals surface area contributed by atoms with E-state index in [-0.39, 0.29) is 0 Å². The molecule has 1 aromatic rings. The van der Waals surface area contributed by atoms with Crippen molar-refractivity contribution in [2.75, 3.05) is 0 Å². The highest BCUT2D eigenvalue weighted by Gasteiger charge is 2.41. The van der Waals surface area contributed by atoms with E-state index in [1.165, 1.54) is 5.56 Å². The third kappa shape index (κ3) is 5.84. The topological polar surface area (TPSA) is 43.1 Å². The first-order valence-electron chi connectivity index (χ1n) is 10.1. The van der Waals surface area contributed by atoms with E-state index in [1.54, 1.807) is 6.08 Å². The molecule has 0 atom stereocenters. The smallest absolute Gasteiger partial charge is 0.249 e. The second kappa shape index (κ2) is 9.94. The molecule has 0 saturated heterocycles. The molecule has 0 aliphatic heterocycles. The second-order valence-electron chi connectivity index (χ2n) is 8.88. The average molecular weight is 384 g/mol. The van der Waals surface area contributed by atoms with E-state index >= 15 is 0 Å². The summed E-state index contributed by atoms with van der Waals surface area (Å²) in [6, 6.07) is 8.12. The summed E-state index contributed by atoms with van der Waals surface area (Å²) >= 11 is 0. The molecule has 0 aliphatic rings. The number of rotatable bonds is 7. The van der Waals surface area contributed by atoms with Crippen LogP contribution in [0.25, 0.3) is 5.57 Å². The van der Waals surface area contributed by atoms with Crippen LogP contribution >= 0.6 is 0 Å². The van der Waals surface area contributed by atoms with E-state index in [0.717, 1.165) is 12.0 Å². The van der Waals surface area contributed by atoms with Gasteiger partial charge in [0.2, 0.25) is 5.91 Å².